The molecule has 3 aromatic rings. The molecule has 0 radical (unpaired) electrons. The number of carbonyl (C=O) groups is 1. The fourth-order valence-electron chi connectivity index (χ4n) is 3.91. The van der Waals surface area contributed by atoms with Crippen LogP contribution in [0.2, 0.25) is 0 Å². The zero-order chi connectivity index (χ0) is 21.8. The first-order valence-electron chi connectivity index (χ1n) is 10.5. The summed E-state index contributed by atoms with van der Waals surface area (Å²) in [4.78, 5) is 30.9. The monoisotopic (exact) mass is 417 g/mol. The second kappa shape index (κ2) is 9.12. The van der Waals surface area contributed by atoms with Crippen LogP contribution < -0.4 is 9.64 Å². The number of benzene rings is 1. The van der Waals surface area contributed by atoms with E-state index in [1.54, 1.807) is 19.5 Å². The van der Waals surface area contributed by atoms with Crippen molar-refractivity contribution in [3.63, 3.8) is 0 Å². The summed E-state index contributed by atoms with van der Waals surface area (Å²) in [5, 5.41) is 0. The number of hydrogen-bond donors (Lipinski definition) is 0. The van der Waals surface area contributed by atoms with Crippen molar-refractivity contribution in [1.82, 2.24) is 19.9 Å². The average Bonchev–Trinajstić information content (AvgIpc) is 2.83. The molecule has 1 atom stereocenters. The number of hydrogen-bond acceptors (Lipinski definition) is 6. The molecule has 4 rings (SSSR count). The third kappa shape index (κ3) is 4.50. The van der Waals surface area contributed by atoms with Crippen LogP contribution >= 0.6 is 0 Å². The number of likely N-dealkylation sites (tertiary alicyclic amines) is 1. The van der Waals surface area contributed by atoms with Gasteiger partial charge >= 0.3 is 0 Å². The second-order valence-electron chi connectivity index (χ2n) is 7.90. The molecule has 1 aromatic carbocycles. The number of piperidine rings is 1. The van der Waals surface area contributed by atoms with Crippen LogP contribution in [0.15, 0.2) is 54.9 Å². The Hall–Kier alpha value is -3.48. The van der Waals surface area contributed by atoms with E-state index >= 15 is 0 Å². The van der Waals surface area contributed by atoms with Crippen LogP contribution in [-0.4, -0.2) is 60.1 Å². The van der Waals surface area contributed by atoms with Gasteiger partial charge in [-0.05, 0) is 37.1 Å². The van der Waals surface area contributed by atoms with Crippen LogP contribution in [0.1, 0.15) is 34.8 Å². The molecule has 160 valence electrons. The van der Waals surface area contributed by atoms with Crippen molar-refractivity contribution in [2.75, 3.05) is 39.2 Å². The predicted octanol–water partition coefficient (Wildman–Crippen LogP) is 3.63. The number of nitrogens with zero attached hydrogens (tertiary/aromatic N) is 5. The summed E-state index contributed by atoms with van der Waals surface area (Å²) < 4.78 is 5.40. The highest BCUT2D eigenvalue weighted by Gasteiger charge is 2.28. The van der Waals surface area contributed by atoms with Gasteiger partial charge in [-0.3, -0.25) is 9.78 Å². The molecular weight excluding hydrogens is 390 g/mol. The molecule has 1 aliphatic rings. The van der Waals surface area contributed by atoms with Gasteiger partial charge in [-0.2, -0.15) is 0 Å². The van der Waals surface area contributed by atoms with Gasteiger partial charge in [0, 0.05) is 57.1 Å². The van der Waals surface area contributed by atoms with Crippen LogP contribution in [0, 0.1) is 0 Å². The maximum Gasteiger partial charge on any atom is 0.257 e. The molecule has 0 bridgehead atoms. The number of para-hydroxylation sites is 1. The van der Waals surface area contributed by atoms with Gasteiger partial charge in [0.2, 0.25) is 0 Å². The summed E-state index contributed by atoms with van der Waals surface area (Å²) in [7, 11) is 5.53. The van der Waals surface area contributed by atoms with Crippen LogP contribution in [0.4, 0.5) is 5.82 Å². The lowest BCUT2D eigenvalue weighted by atomic mass is 9.93. The quantitative estimate of drug-likeness (QED) is 0.631. The first-order valence-corrected chi connectivity index (χ1v) is 10.5. The van der Waals surface area contributed by atoms with Crippen LogP contribution in [0.25, 0.3) is 11.4 Å². The molecule has 31 heavy (non-hydrogen) atoms. The number of ether oxygens (including phenoxy) is 1. The zero-order valence-electron chi connectivity index (χ0n) is 18.2. The Bertz CT molecular complexity index is 1050. The second-order valence-corrected chi connectivity index (χ2v) is 7.90. The number of anilines is 1. The van der Waals surface area contributed by atoms with Gasteiger partial charge in [-0.25, -0.2) is 9.97 Å². The van der Waals surface area contributed by atoms with E-state index in [9.17, 15) is 4.79 Å². The summed E-state index contributed by atoms with van der Waals surface area (Å²) in [5.41, 5.74) is 2.43. The van der Waals surface area contributed by atoms with Gasteiger partial charge in [0.25, 0.3) is 5.91 Å². The van der Waals surface area contributed by atoms with Crippen molar-refractivity contribution in [2.45, 2.75) is 18.8 Å². The van der Waals surface area contributed by atoms with E-state index in [0.717, 1.165) is 36.5 Å². The number of carbonyl (C=O) groups excluding carboxylic acids is 1. The standard InChI is InChI=1S/C24H27N5O2/c1-28(2)22-14-20(26-23(27-22)17-8-6-12-25-15-17)18-9-7-13-29(16-18)24(30)19-10-4-5-11-21(19)31-3/h4-6,8,10-12,14-15,18H,7,9,13,16H2,1-3H3. The number of pyridine rings is 1. The van der Waals surface area contributed by atoms with Gasteiger partial charge in [-0.15, -0.1) is 0 Å². The Kier molecular flexibility index (Phi) is 6.11. The maximum atomic E-state index is 13.2. The lowest BCUT2D eigenvalue weighted by molar-refractivity contribution is 0.0702. The number of rotatable bonds is 5. The SMILES string of the molecule is COc1ccccc1C(=O)N1CCCC(c2cc(N(C)C)nc(-c3cccnc3)n2)C1. The van der Waals surface area contributed by atoms with Gasteiger partial charge in [0.15, 0.2) is 5.82 Å². The van der Waals surface area contributed by atoms with Crippen molar-refractivity contribution < 1.29 is 9.53 Å². The van der Waals surface area contributed by atoms with Gasteiger partial charge in [0.05, 0.1) is 18.4 Å². The lowest BCUT2D eigenvalue weighted by Gasteiger charge is -2.33. The third-order valence-electron chi connectivity index (χ3n) is 5.57. The fraction of sp³-hybridized carbons (Fsp3) is 0.333. The third-order valence-corrected chi connectivity index (χ3v) is 5.57. The Labute approximate surface area is 182 Å². The summed E-state index contributed by atoms with van der Waals surface area (Å²) in [5.74, 6) is 2.24. The molecular formula is C24H27N5O2. The summed E-state index contributed by atoms with van der Waals surface area (Å²) in [6.07, 6.45) is 5.42. The molecule has 0 N–H and O–H groups in total. The molecule has 1 fully saturated rings. The Balaban J connectivity index is 1.63. The Morgan fingerprint density at radius 1 is 1.16 bits per heavy atom. The first-order chi connectivity index (χ1) is 15.1. The molecule has 1 unspecified atom stereocenters. The molecule has 1 amide bonds. The van der Waals surface area contributed by atoms with E-state index in [4.69, 9.17) is 14.7 Å². The van der Waals surface area contributed by atoms with E-state index in [2.05, 4.69) is 4.98 Å². The van der Waals surface area contributed by atoms with Gasteiger partial charge in [-0.1, -0.05) is 12.1 Å². The fourth-order valence-corrected chi connectivity index (χ4v) is 3.91. The molecule has 7 heteroatoms. The Morgan fingerprint density at radius 3 is 2.74 bits per heavy atom. The molecule has 0 aliphatic carbocycles. The Morgan fingerprint density at radius 2 is 2.00 bits per heavy atom. The smallest absolute Gasteiger partial charge is 0.257 e. The first kappa shape index (κ1) is 20.8. The molecule has 7 nitrogen and oxygen atoms in total. The molecule has 3 heterocycles. The highest BCUT2D eigenvalue weighted by molar-refractivity contribution is 5.97. The lowest BCUT2D eigenvalue weighted by Crippen LogP contribution is -2.39. The molecule has 2 aromatic heterocycles. The van der Waals surface area contributed by atoms with Crippen molar-refractivity contribution in [3.8, 4) is 17.1 Å². The average molecular weight is 418 g/mol. The summed E-state index contributed by atoms with van der Waals surface area (Å²) in [6.45, 7) is 1.35. The van der Waals surface area contributed by atoms with Crippen LogP contribution in [-0.2, 0) is 0 Å². The minimum Gasteiger partial charge on any atom is -0.496 e. The van der Waals surface area contributed by atoms with Gasteiger partial charge in [0.1, 0.15) is 11.6 Å². The largest absolute Gasteiger partial charge is 0.496 e. The highest BCUT2D eigenvalue weighted by Crippen LogP contribution is 2.31. The van der Waals surface area contributed by atoms with E-state index in [-0.39, 0.29) is 11.8 Å². The predicted molar refractivity (Wildman–Crippen MR) is 120 cm³/mol. The van der Waals surface area contributed by atoms with Crippen LogP contribution in [0.5, 0.6) is 5.75 Å². The maximum absolute atomic E-state index is 13.2. The summed E-state index contributed by atoms with van der Waals surface area (Å²) >= 11 is 0. The van der Waals surface area contributed by atoms with Crippen molar-refractivity contribution in [3.05, 3.63) is 66.1 Å². The molecule has 1 aliphatic heterocycles. The summed E-state index contributed by atoms with van der Waals surface area (Å²) in [6, 6.07) is 13.3. The van der Waals surface area contributed by atoms with Crippen LogP contribution in [0.3, 0.4) is 0 Å². The number of amides is 1. The van der Waals surface area contributed by atoms with E-state index in [0.29, 0.717) is 23.7 Å². The minimum absolute atomic E-state index is 0.00322. The van der Waals surface area contributed by atoms with E-state index in [1.807, 2.05) is 66.4 Å². The molecule has 0 saturated carbocycles. The molecule has 1 saturated heterocycles. The van der Waals surface area contributed by atoms with Crippen molar-refractivity contribution in [1.29, 1.82) is 0 Å². The van der Waals surface area contributed by atoms with E-state index in [1.165, 1.54) is 0 Å². The van der Waals surface area contributed by atoms with E-state index < -0.39 is 0 Å². The van der Waals surface area contributed by atoms with Crippen molar-refractivity contribution >= 4 is 11.7 Å². The van der Waals surface area contributed by atoms with Gasteiger partial charge < -0.3 is 14.5 Å². The highest BCUT2D eigenvalue weighted by atomic mass is 16.5. The minimum atomic E-state index is -0.00322. The topological polar surface area (TPSA) is 71.5 Å². The normalized spacial score (nSPS) is 16.1. The number of methoxy groups -OCH3 is 1. The van der Waals surface area contributed by atoms with Crippen molar-refractivity contribution in [2.24, 2.45) is 0 Å². The zero-order valence-corrected chi connectivity index (χ0v) is 18.2. The molecule has 0 spiro atoms. The number of aromatic nitrogens is 3.